The molecule has 0 unspecified atom stereocenters. The van der Waals surface area contributed by atoms with Gasteiger partial charge in [-0.05, 0) is 36.8 Å². The van der Waals surface area contributed by atoms with Gasteiger partial charge in [-0.15, -0.1) is 10.2 Å². The second kappa shape index (κ2) is 9.86. The third-order valence-electron chi connectivity index (χ3n) is 5.16. The van der Waals surface area contributed by atoms with E-state index in [4.69, 9.17) is 4.74 Å². The number of hydrogen-bond acceptors (Lipinski definition) is 7. The minimum Gasteiger partial charge on any atom is -0.497 e. The molecule has 2 heterocycles. The Morgan fingerprint density at radius 3 is 2.70 bits per heavy atom. The second-order valence-electron chi connectivity index (χ2n) is 7.53. The lowest BCUT2D eigenvalue weighted by molar-refractivity contribution is -0.121. The summed E-state index contributed by atoms with van der Waals surface area (Å²) in [7, 11) is 3.45. The Hall–Kier alpha value is -3.66. The van der Waals surface area contributed by atoms with Crippen molar-refractivity contribution in [3.05, 3.63) is 76.1 Å². The highest BCUT2D eigenvalue weighted by molar-refractivity contribution is 7.98. The van der Waals surface area contributed by atoms with Crippen LogP contribution in [0.25, 0.3) is 10.9 Å². The Bertz CT molecular complexity index is 1330. The van der Waals surface area contributed by atoms with Crippen molar-refractivity contribution in [1.82, 2.24) is 30.0 Å². The first-order valence-electron chi connectivity index (χ1n) is 10.4. The molecule has 0 saturated heterocycles. The number of para-hydroxylation sites is 1. The highest BCUT2D eigenvalue weighted by Gasteiger charge is 2.18. The number of rotatable bonds is 8. The van der Waals surface area contributed by atoms with Crippen LogP contribution in [-0.4, -0.2) is 37.7 Å². The normalized spacial score (nSPS) is 12.0. The Kier molecular flexibility index (Phi) is 6.74. The quantitative estimate of drug-likeness (QED) is 0.385. The van der Waals surface area contributed by atoms with Gasteiger partial charge < -0.3 is 19.6 Å². The number of amides is 1. The van der Waals surface area contributed by atoms with Crippen LogP contribution >= 0.6 is 11.8 Å². The number of ether oxygens (including phenoxy) is 1. The number of fused-ring (bicyclic) bond motifs is 1. The second-order valence-corrected chi connectivity index (χ2v) is 8.47. The van der Waals surface area contributed by atoms with E-state index in [1.54, 1.807) is 13.2 Å². The van der Waals surface area contributed by atoms with E-state index in [1.165, 1.54) is 11.8 Å². The number of hydrogen-bond donors (Lipinski definition) is 2. The zero-order valence-corrected chi connectivity index (χ0v) is 19.3. The van der Waals surface area contributed by atoms with Crippen LogP contribution in [0.4, 0.5) is 0 Å². The van der Waals surface area contributed by atoms with Crippen molar-refractivity contribution >= 4 is 28.6 Å². The van der Waals surface area contributed by atoms with Crippen molar-refractivity contribution in [2.75, 3.05) is 7.11 Å². The van der Waals surface area contributed by atoms with Gasteiger partial charge in [-0.3, -0.25) is 9.59 Å². The minimum absolute atomic E-state index is 0.109. The maximum absolute atomic E-state index is 12.5. The molecule has 170 valence electrons. The highest BCUT2D eigenvalue weighted by atomic mass is 32.2. The van der Waals surface area contributed by atoms with Crippen molar-refractivity contribution in [3.8, 4) is 5.75 Å². The molecule has 4 aromatic rings. The molecule has 0 aliphatic heterocycles. The molecular formula is C23H24N6O3S. The van der Waals surface area contributed by atoms with E-state index in [0.717, 1.165) is 11.3 Å². The third kappa shape index (κ3) is 5.23. The molecular weight excluding hydrogens is 440 g/mol. The number of thioether (sulfide) groups is 1. The molecule has 0 fully saturated rings. The molecule has 0 aliphatic rings. The number of aromatic amines is 1. The Balaban J connectivity index is 1.38. The molecule has 0 spiro atoms. The smallest absolute Gasteiger partial charge is 0.258 e. The molecule has 10 heteroatoms. The number of carbonyl (C=O) groups excluding carboxylic acids is 1. The van der Waals surface area contributed by atoms with Gasteiger partial charge in [-0.1, -0.05) is 36.0 Å². The molecule has 2 N–H and O–H groups in total. The Labute approximate surface area is 194 Å². The zero-order chi connectivity index (χ0) is 23.4. The first-order valence-corrected chi connectivity index (χ1v) is 11.4. The predicted octanol–water partition coefficient (Wildman–Crippen LogP) is 2.77. The SMILES string of the molecule is COc1ccc(CC(=O)N[C@H](C)c2nnc(SCc3nc4ccccc4c(=O)[nH]3)n2C)cc1. The average Bonchev–Trinajstić information content (AvgIpc) is 3.18. The summed E-state index contributed by atoms with van der Waals surface area (Å²) in [4.78, 5) is 32.1. The van der Waals surface area contributed by atoms with Crippen molar-refractivity contribution in [2.24, 2.45) is 7.05 Å². The molecule has 9 nitrogen and oxygen atoms in total. The summed E-state index contributed by atoms with van der Waals surface area (Å²) < 4.78 is 6.98. The molecule has 4 rings (SSSR count). The number of aromatic nitrogens is 5. The number of carbonyl (C=O) groups is 1. The van der Waals surface area contributed by atoms with Crippen LogP contribution in [-0.2, 0) is 24.0 Å². The summed E-state index contributed by atoms with van der Waals surface area (Å²) in [6.07, 6.45) is 0.259. The predicted molar refractivity (Wildman–Crippen MR) is 126 cm³/mol. The molecule has 2 aromatic carbocycles. The summed E-state index contributed by atoms with van der Waals surface area (Å²) in [6, 6.07) is 14.3. The van der Waals surface area contributed by atoms with E-state index in [9.17, 15) is 9.59 Å². The lowest BCUT2D eigenvalue weighted by Crippen LogP contribution is -2.29. The highest BCUT2D eigenvalue weighted by Crippen LogP contribution is 2.22. The fourth-order valence-electron chi connectivity index (χ4n) is 3.45. The molecule has 1 amide bonds. The van der Waals surface area contributed by atoms with Crippen molar-refractivity contribution in [3.63, 3.8) is 0 Å². The lowest BCUT2D eigenvalue weighted by Gasteiger charge is -2.14. The Morgan fingerprint density at radius 2 is 1.94 bits per heavy atom. The molecule has 0 aliphatic carbocycles. The maximum Gasteiger partial charge on any atom is 0.258 e. The van der Waals surface area contributed by atoms with Crippen molar-refractivity contribution < 1.29 is 9.53 Å². The van der Waals surface area contributed by atoms with E-state index in [1.807, 2.05) is 61.0 Å². The first kappa shape index (κ1) is 22.5. The van der Waals surface area contributed by atoms with E-state index < -0.39 is 0 Å². The van der Waals surface area contributed by atoms with E-state index in [-0.39, 0.29) is 23.9 Å². The van der Waals surface area contributed by atoms with Gasteiger partial charge in [0, 0.05) is 7.05 Å². The summed E-state index contributed by atoms with van der Waals surface area (Å²) in [6.45, 7) is 1.87. The zero-order valence-electron chi connectivity index (χ0n) is 18.5. The number of methoxy groups -OCH3 is 1. The fourth-order valence-corrected chi connectivity index (χ4v) is 4.24. The number of H-pyrrole nitrogens is 1. The molecule has 1 atom stereocenters. The van der Waals surface area contributed by atoms with Gasteiger partial charge in [0.1, 0.15) is 11.6 Å². The van der Waals surface area contributed by atoms with Crippen molar-refractivity contribution in [1.29, 1.82) is 0 Å². The Morgan fingerprint density at radius 1 is 1.18 bits per heavy atom. The molecule has 33 heavy (non-hydrogen) atoms. The van der Waals surface area contributed by atoms with Crippen LogP contribution in [0, 0.1) is 0 Å². The first-order chi connectivity index (χ1) is 15.9. The van der Waals surface area contributed by atoms with Gasteiger partial charge >= 0.3 is 0 Å². The molecule has 2 aromatic heterocycles. The lowest BCUT2D eigenvalue weighted by atomic mass is 10.1. The summed E-state index contributed by atoms with van der Waals surface area (Å²) >= 11 is 1.41. The van der Waals surface area contributed by atoms with Crippen LogP contribution in [0.15, 0.2) is 58.5 Å². The van der Waals surface area contributed by atoms with Crippen molar-refractivity contribution in [2.45, 2.75) is 30.3 Å². The van der Waals surface area contributed by atoms with Gasteiger partial charge in [0.15, 0.2) is 11.0 Å². The van der Waals surface area contributed by atoms with Gasteiger partial charge in [-0.2, -0.15) is 0 Å². The number of nitrogens with zero attached hydrogens (tertiary/aromatic N) is 4. The topological polar surface area (TPSA) is 115 Å². The molecule has 0 radical (unpaired) electrons. The summed E-state index contributed by atoms with van der Waals surface area (Å²) in [5.41, 5.74) is 1.39. The summed E-state index contributed by atoms with van der Waals surface area (Å²) in [5.74, 6) is 2.28. The maximum atomic E-state index is 12.5. The molecule has 0 saturated carbocycles. The third-order valence-corrected chi connectivity index (χ3v) is 6.19. The summed E-state index contributed by atoms with van der Waals surface area (Å²) in [5, 5.41) is 12.7. The van der Waals surface area contributed by atoms with Crippen LogP contribution in [0.2, 0.25) is 0 Å². The van der Waals surface area contributed by atoms with Crippen LogP contribution in [0.5, 0.6) is 5.75 Å². The van der Waals surface area contributed by atoms with E-state index in [0.29, 0.717) is 33.5 Å². The number of benzene rings is 2. The van der Waals surface area contributed by atoms with Gasteiger partial charge in [0.25, 0.3) is 5.56 Å². The number of nitrogens with one attached hydrogen (secondary N) is 2. The van der Waals surface area contributed by atoms with E-state index >= 15 is 0 Å². The minimum atomic E-state index is -0.318. The van der Waals surface area contributed by atoms with Gasteiger partial charge in [0.2, 0.25) is 5.91 Å². The van der Waals surface area contributed by atoms with Crippen LogP contribution < -0.4 is 15.6 Å². The fraction of sp³-hybridized carbons (Fsp3) is 0.261. The largest absolute Gasteiger partial charge is 0.497 e. The van der Waals surface area contributed by atoms with Crippen LogP contribution in [0.1, 0.15) is 30.2 Å². The van der Waals surface area contributed by atoms with Gasteiger partial charge in [-0.25, -0.2) is 4.98 Å². The van der Waals surface area contributed by atoms with Crippen LogP contribution in [0.3, 0.4) is 0 Å². The van der Waals surface area contributed by atoms with E-state index in [2.05, 4.69) is 25.5 Å². The average molecular weight is 465 g/mol. The monoisotopic (exact) mass is 464 g/mol. The van der Waals surface area contributed by atoms with Gasteiger partial charge in [0.05, 0.1) is 36.2 Å². The standard InChI is InChI=1S/C23H24N6O3S/c1-14(24-20(30)12-15-8-10-16(32-3)11-9-15)21-27-28-23(29(21)2)33-13-19-25-18-7-5-4-6-17(18)22(31)26-19/h4-11,14H,12-13H2,1-3H3,(H,24,30)(H,25,26,31)/t14-/m1/s1. The molecule has 0 bridgehead atoms.